The van der Waals surface area contributed by atoms with Gasteiger partial charge in [-0.2, -0.15) is 9.78 Å². The van der Waals surface area contributed by atoms with Crippen LogP contribution in [0.3, 0.4) is 0 Å². The van der Waals surface area contributed by atoms with Gasteiger partial charge in [-0.15, -0.1) is 10.2 Å². The van der Waals surface area contributed by atoms with Gasteiger partial charge in [0.2, 0.25) is 11.1 Å². The topological polar surface area (TPSA) is 72.2 Å². The van der Waals surface area contributed by atoms with Crippen LogP contribution in [0, 0.1) is 0 Å². The Hall–Kier alpha value is -2.64. The molecule has 0 aliphatic heterocycles. The van der Waals surface area contributed by atoms with Crippen LogP contribution in [0.25, 0.3) is 0 Å². The van der Waals surface area contributed by atoms with Crippen molar-refractivity contribution in [3.05, 3.63) is 71.0 Å². The molecule has 132 valence electrons. The van der Waals surface area contributed by atoms with Gasteiger partial charge in [0.25, 0.3) is 0 Å². The van der Waals surface area contributed by atoms with Crippen LogP contribution < -0.4 is 5.32 Å². The van der Waals surface area contributed by atoms with E-state index in [1.807, 2.05) is 48.5 Å². The van der Waals surface area contributed by atoms with Crippen molar-refractivity contribution < 1.29 is 4.79 Å². The summed E-state index contributed by atoms with van der Waals surface area (Å²) in [6.07, 6.45) is 3.28. The molecule has 0 bridgehead atoms. The zero-order chi connectivity index (χ0) is 18.4. The molecule has 2 aromatic carbocycles. The number of nitrogens with zero attached hydrogens (tertiary/aromatic N) is 4. The van der Waals surface area contributed by atoms with E-state index in [2.05, 4.69) is 20.6 Å². The lowest BCUT2D eigenvalue weighted by Gasteiger charge is -2.03. The van der Waals surface area contributed by atoms with E-state index in [1.165, 1.54) is 6.92 Å². The molecule has 26 heavy (non-hydrogen) atoms. The Kier molecular flexibility index (Phi) is 6.04. The third kappa shape index (κ3) is 5.18. The van der Waals surface area contributed by atoms with Crippen LogP contribution in [0.5, 0.6) is 0 Å². The second-order valence-electron chi connectivity index (χ2n) is 5.42. The maximum atomic E-state index is 11.0. The highest BCUT2D eigenvalue weighted by Gasteiger charge is 2.04. The van der Waals surface area contributed by atoms with Gasteiger partial charge in [0, 0.05) is 23.4 Å². The molecule has 1 heterocycles. The molecule has 0 aliphatic rings. The number of carbonyl (C=O) groups is 1. The Labute approximate surface area is 160 Å². The highest BCUT2D eigenvalue weighted by atomic mass is 35.5. The summed E-state index contributed by atoms with van der Waals surface area (Å²) in [6, 6.07) is 15.1. The third-order valence-corrected chi connectivity index (χ3v) is 4.60. The van der Waals surface area contributed by atoms with E-state index in [0.717, 1.165) is 27.6 Å². The normalized spacial score (nSPS) is 11.0. The van der Waals surface area contributed by atoms with Gasteiger partial charge in [-0.3, -0.25) is 4.79 Å². The lowest BCUT2D eigenvalue weighted by Crippen LogP contribution is -2.05. The second kappa shape index (κ2) is 8.64. The minimum Gasteiger partial charge on any atom is -0.326 e. The van der Waals surface area contributed by atoms with Gasteiger partial charge in [-0.1, -0.05) is 47.6 Å². The van der Waals surface area contributed by atoms with E-state index in [0.29, 0.717) is 5.16 Å². The predicted molar refractivity (Wildman–Crippen MR) is 105 cm³/mol. The summed E-state index contributed by atoms with van der Waals surface area (Å²) in [5, 5.41) is 16.5. The molecule has 0 aliphatic carbocycles. The number of hydrogen-bond donors (Lipinski definition) is 1. The van der Waals surface area contributed by atoms with E-state index < -0.39 is 0 Å². The van der Waals surface area contributed by atoms with Crippen LogP contribution in [0.4, 0.5) is 5.69 Å². The second-order valence-corrected chi connectivity index (χ2v) is 6.80. The highest BCUT2D eigenvalue weighted by Crippen LogP contribution is 2.21. The molecule has 0 unspecified atom stereocenters. The Balaban J connectivity index is 1.63. The van der Waals surface area contributed by atoms with Gasteiger partial charge in [0.15, 0.2) is 0 Å². The summed E-state index contributed by atoms with van der Waals surface area (Å²) in [5.74, 6) is 0.648. The number of anilines is 1. The molecular weight excluding hydrogens is 370 g/mol. The number of carbonyl (C=O) groups excluding carboxylic acids is 1. The van der Waals surface area contributed by atoms with Crippen molar-refractivity contribution in [3.63, 3.8) is 0 Å². The van der Waals surface area contributed by atoms with E-state index in [-0.39, 0.29) is 5.91 Å². The van der Waals surface area contributed by atoms with Crippen LogP contribution >= 0.6 is 23.4 Å². The monoisotopic (exact) mass is 385 g/mol. The fraction of sp³-hybridized carbons (Fsp3) is 0.111. The zero-order valence-corrected chi connectivity index (χ0v) is 15.5. The van der Waals surface area contributed by atoms with Gasteiger partial charge in [-0.05, 0) is 35.4 Å². The van der Waals surface area contributed by atoms with Gasteiger partial charge < -0.3 is 5.32 Å². The molecule has 1 N–H and O–H groups in total. The SMILES string of the molecule is CC(=O)Nc1ccc(/C=N/n2cnnc2SCc2ccc(Cl)cc2)cc1. The summed E-state index contributed by atoms with van der Waals surface area (Å²) in [6.45, 7) is 1.48. The standard InChI is InChI=1S/C18H16ClN5OS/c1-13(25)22-17-8-4-14(5-9-17)10-21-24-12-20-23-18(24)26-11-15-2-6-16(19)7-3-15/h2-10,12H,11H2,1H3,(H,22,25)/b21-10+. The number of thioether (sulfide) groups is 1. The number of benzene rings is 2. The quantitative estimate of drug-likeness (QED) is 0.513. The Morgan fingerprint density at radius 3 is 2.65 bits per heavy atom. The van der Waals surface area contributed by atoms with Crippen LogP contribution in [0.1, 0.15) is 18.1 Å². The molecule has 6 nitrogen and oxygen atoms in total. The number of amides is 1. The Morgan fingerprint density at radius 1 is 1.23 bits per heavy atom. The molecule has 3 rings (SSSR count). The van der Waals surface area contributed by atoms with Crippen molar-refractivity contribution in [1.29, 1.82) is 0 Å². The van der Waals surface area contributed by atoms with Gasteiger partial charge in [0.1, 0.15) is 6.33 Å². The fourth-order valence-corrected chi connectivity index (χ4v) is 3.05. The molecule has 8 heteroatoms. The molecule has 1 amide bonds. The molecule has 0 fully saturated rings. The minimum atomic E-state index is -0.0988. The van der Waals surface area contributed by atoms with Gasteiger partial charge in [0.05, 0.1) is 6.21 Å². The molecule has 0 saturated carbocycles. The first kappa shape index (κ1) is 18.2. The first-order valence-corrected chi connectivity index (χ1v) is 9.16. The third-order valence-electron chi connectivity index (χ3n) is 3.34. The van der Waals surface area contributed by atoms with Crippen molar-refractivity contribution in [1.82, 2.24) is 14.9 Å². The van der Waals surface area contributed by atoms with Crippen molar-refractivity contribution in [3.8, 4) is 0 Å². The van der Waals surface area contributed by atoms with Crippen molar-refractivity contribution >= 4 is 41.2 Å². The summed E-state index contributed by atoms with van der Waals surface area (Å²) in [4.78, 5) is 11.0. The minimum absolute atomic E-state index is 0.0988. The number of hydrogen-bond acceptors (Lipinski definition) is 5. The number of aromatic nitrogens is 3. The molecule has 0 saturated heterocycles. The lowest BCUT2D eigenvalue weighted by atomic mass is 10.2. The molecule has 0 spiro atoms. The first-order chi connectivity index (χ1) is 12.6. The van der Waals surface area contributed by atoms with Crippen LogP contribution in [0.2, 0.25) is 5.02 Å². The zero-order valence-electron chi connectivity index (χ0n) is 14.0. The van der Waals surface area contributed by atoms with Gasteiger partial charge >= 0.3 is 0 Å². The van der Waals surface area contributed by atoms with Crippen molar-refractivity contribution in [2.24, 2.45) is 5.10 Å². The Bertz CT molecular complexity index is 906. The lowest BCUT2D eigenvalue weighted by molar-refractivity contribution is -0.114. The molecular formula is C18H16ClN5OS. The molecule has 0 atom stereocenters. The van der Waals surface area contributed by atoms with Crippen LogP contribution in [0.15, 0.2) is 65.1 Å². The maximum Gasteiger partial charge on any atom is 0.221 e. The van der Waals surface area contributed by atoms with Crippen molar-refractivity contribution in [2.75, 3.05) is 5.32 Å². The largest absolute Gasteiger partial charge is 0.326 e. The average molecular weight is 386 g/mol. The van der Waals surface area contributed by atoms with Crippen LogP contribution in [-0.2, 0) is 10.5 Å². The van der Waals surface area contributed by atoms with E-state index in [9.17, 15) is 4.79 Å². The smallest absolute Gasteiger partial charge is 0.221 e. The summed E-state index contributed by atoms with van der Waals surface area (Å²) in [7, 11) is 0. The van der Waals surface area contributed by atoms with Gasteiger partial charge in [-0.25, -0.2) is 0 Å². The number of nitrogens with one attached hydrogen (secondary N) is 1. The predicted octanol–water partition coefficient (Wildman–Crippen LogP) is 4.06. The first-order valence-electron chi connectivity index (χ1n) is 7.79. The average Bonchev–Trinajstić information content (AvgIpc) is 3.08. The highest BCUT2D eigenvalue weighted by molar-refractivity contribution is 7.98. The number of rotatable bonds is 6. The summed E-state index contributed by atoms with van der Waals surface area (Å²) < 4.78 is 1.63. The summed E-state index contributed by atoms with van der Waals surface area (Å²) >= 11 is 7.44. The van der Waals surface area contributed by atoms with E-state index in [4.69, 9.17) is 11.6 Å². The fourth-order valence-electron chi connectivity index (χ4n) is 2.11. The summed E-state index contributed by atoms with van der Waals surface area (Å²) in [5.41, 5.74) is 2.80. The molecule has 0 radical (unpaired) electrons. The number of halogens is 1. The molecule has 1 aromatic heterocycles. The van der Waals surface area contributed by atoms with E-state index >= 15 is 0 Å². The van der Waals surface area contributed by atoms with Crippen molar-refractivity contribution in [2.45, 2.75) is 17.8 Å². The maximum absolute atomic E-state index is 11.0. The Morgan fingerprint density at radius 2 is 1.96 bits per heavy atom. The molecule has 3 aromatic rings. The van der Waals surface area contributed by atoms with Crippen LogP contribution in [-0.4, -0.2) is 27.0 Å². The van der Waals surface area contributed by atoms with E-state index in [1.54, 1.807) is 29.0 Å².